The Kier molecular flexibility index (Phi) is 4.76. The van der Waals surface area contributed by atoms with Crippen molar-refractivity contribution in [3.63, 3.8) is 0 Å². The Morgan fingerprint density at radius 3 is 2.70 bits per heavy atom. The highest BCUT2D eigenvalue weighted by Gasteiger charge is 2.31. The fraction of sp³-hybridized carbons (Fsp3) is 0.286. The average molecular weight is 416 g/mol. The Balaban J connectivity index is 1.75. The summed E-state index contributed by atoms with van der Waals surface area (Å²) >= 11 is 0. The zero-order valence-corrected chi connectivity index (χ0v) is 16.5. The fourth-order valence-corrected chi connectivity index (χ4v) is 3.39. The molecule has 1 amide bonds. The van der Waals surface area contributed by atoms with Crippen LogP contribution in [0.1, 0.15) is 29.9 Å². The van der Waals surface area contributed by atoms with E-state index in [1.807, 2.05) is 0 Å². The molecule has 9 heteroatoms. The van der Waals surface area contributed by atoms with E-state index in [-0.39, 0.29) is 12.5 Å². The van der Waals surface area contributed by atoms with Crippen molar-refractivity contribution in [2.24, 2.45) is 0 Å². The number of likely N-dealkylation sites (N-methyl/N-ethyl adjacent to an activating group) is 1. The van der Waals surface area contributed by atoms with E-state index in [0.717, 1.165) is 12.1 Å². The summed E-state index contributed by atoms with van der Waals surface area (Å²) in [4.78, 5) is 22.3. The van der Waals surface area contributed by atoms with E-state index < -0.39 is 17.8 Å². The molecule has 1 atom stereocenters. The number of rotatable bonds is 3. The Labute approximate surface area is 170 Å². The predicted molar refractivity (Wildman–Crippen MR) is 107 cm³/mol. The summed E-state index contributed by atoms with van der Waals surface area (Å²) in [6, 6.07) is 8.22. The number of amides is 1. The second-order valence-electron chi connectivity index (χ2n) is 7.19. The maximum atomic E-state index is 13.1. The zero-order chi connectivity index (χ0) is 21.6. The van der Waals surface area contributed by atoms with Gasteiger partial charge in [0.1, 0.15) is 17.4 Å². The van der Waals surface area contributed by atoms with Crippen LogP contribution < -0.4 is 15.0 Å². The molecule has 1 aliphatic rings. The van der Waals surface area contributed by atoms with Crippen LogP contribution in [0.5, 0.6) is 5.75 Å². The first-order chi connectivity index (χ1) is 14.1. The molecule has 1 N–H and O–H groups in total. The second-order valence-corrected chi connectivity index (χ2v) is 7.19. The van der Waals surface area contributed by atoms with Gasteiger partial charge in [-0.05, 0) is 37.6 Å². The number of carbonyl (C=O) groups excluding carboxylic acids is 1. The van der Waals surface area contributed by atoms with Gasteiger partial charge >= 0.3 is 6.18 Å². The predicted octanol–water partition coefficient (Wildman–Crippen LogP) is 4.49. The summed E-state index contributed by atoms with van der Waals surface area (Å²) in [5.41, 5.74) is 0.968. The molecular formula is C21H19F3N4O2. The van der Waals surface area contributed by atoms with Crippen LogP contribution in [-0.4, -0.2) is 29.5 Å². The van der Waals surface area contributed by atoms with Crippen molar-refractivity contribution in [3.05, 3.63) is 53.3 Å². The Morgan fingerprint density at radius 1 is 1.20 bits per heavy atom. The van der Waals surface area contributed by atoms with Gasteiger partial charge in [0.05, 0.1) is 16.8 Å². The number of nitrogens with zero attached hydrogens (tertiary/aromatic N) is 3. The van der Waals surface area contributed by atoms with Crippen LogP contribution in [0.4, 0.5) is 24.7 Å². The molecule has 1 unspecified atom stereocenters. The van der Waals surface area contributed by atoms with Crippen LogP contribution >= 0.6 is 0 Å². The van der Waals surface area contributed by atoms with Crippen molar-refractivity contribution in [3.8, 4) is 5.75 Å². The van der Waals surface area contributed by atoms with Gasteiger partial charge in [0.2, 0.25) is 0 Å². The van der Waals surface area contributed by atoms with Gasteiger partial charge in [0.25, 0.3) is 5.91 Å². The van der Waals surface area contributed by atoms with Crippen molar-refractivity contribution < 1.29 is 22.7 Å². The molecule has 30 heavy (non-hydrogen) atoms. The van der Waals surface area contributed by atoms with E-state index >= 15 is 0 Å². The van der Waals surface area contributed by atoms with Gasteiger partial charge in [-0.3, -0.25) is 4.79 Å². The molecule has 0 radical (unpaired) electrons. The normalized spacial score (nSPS) is 15.0. The second kappa shape index (κ2) is 7.16. The number of carbonyl (C=O) groups is 1. The molecule has 4 rings (SSSR count). The lowest BCUT2D eigenvalue weighted by molar-refractivity contribution is -0.137. The monoisotopic (exact) mass is 416 g/mol. The number of aryl methyl sites for hydroxylation is 1. The van der Waals surface area contributed by atoms with Crippen LogP contribution in [0.15, 0.2) is 36.4 Å². The minimum Gasteiger partial charge on any atom is -0.481 e. The first-order valence-electron chi connectivity index (χ1n) is 9.29. The van der Waals surface area contributed by atoms with Crippen LogP contribution in [0, 0.1) is 6.92 Å². The van der Waals surface area contributed by atoms with E-state index in [4.69, 9.17) is 4.74 Å². The maximum Gasteiger partial charge on any atom is 0.416 e. The molecule has 0 spiro atoms. The number of aromatic nitrogens is 2. The summed E-state index contributed by atoms with van der Waals surface area (Å²) < 4.78 is 44.7. The molecule has 3 aromatic rings. The molecule has 6 nitrogen and oxygen atoms in total. The number of benzene rings is 2. The van der Waals surface area contributed by atoms with Crippen molar-refractivity contribution in [1.82, 2.24) is 9.97 Å². The fourth-order valence-electron chi connectivity index (χ4n) is 3.39. The molecule has 0 saturated carbocycles. The molecule has 0 fully saturated rings. The number of hydrogen-bond acceptors (Lipinski definition) is 5. The number of ether oxygens (including phenoxy) is 1. The Bertz CT molecular complexity index is 1150. The lowest BCUT2D eigenvalue weighted by Crippen LogP contribution is -2.35. The van der Waals surface area contributed by atoms with Crippen molar-refractivity contribution in [2.45, 2.75) is 26.1 Å². The summed E-state index contributed by atoms with van der Waals surface area (Å²) in [5.74, 6) is 1.33. The lowest BCUT2D eigenvalue weighted by Gasteiger charge is -2.26. The number of anilines is 2. The van der Waals surface area contributed by atoms with Crippen molar-refractivity contribution in [1.29, 1.82) is 0 Å². The van der Waals surface area contributed by atoms with Gasteiger partial charge < -0.3 is 15.0 Å². The Hall–Kier alpha value is -3.36. The molecule has 1 aliphatic heterocycles. The zero-order valence-electron chi connectivity index (χ0n) is 16.5. The minimum atomic E-state index is -4.41. The van der Waals surface area contributed by atoms with E-state index in [9.17, 15) is 18.0 Å². The number of fused-ring (bicyclic) bond motifs is 2. The third-order valence-corrected chi connectivity index (χ3v) is 5.04. The number of nitrogens with one attached hydrogen (secondary N) is 1. The maximum absolute atomic E-state index is 13.1. The van der Waals surface area contributed by atoms with Crippen molar-refractivity contribution in [2.75, 3.05) is 23.9 Å². The minimum absolute atomic E-state index is 0.0449. The van der Waals surface area contributed by atoms with Gasteiger partial charge in [0, 0.05) is 24.5 Å². The summed E-state index contributed by atoms with van der Waals surface area (Å²) in [6.07, 6.45) is -4.41. The molecule has 0 saturated heterocycles. The van der Waals surface area contributed by atoms with Gasteiger partial charge in [-0.1, -0.05) is 12.1 Å². The largest absolute Gasteiger partial charge is 0.481 e. The highest BCUT2D eigenvalue weighted by molar-refractivity contribution is 6.02. The highest BCUT2D eigenvalue weighted by Crippen LogP contribution is 2.38. The average Bonchev–Trinajstić information content (AvgIpc) is 2.69. The molecule has 1 aromatic heterocycles. The van der Waals surface area contributed by atoms with Gasteiger partial charge in [-0.25, -0.2) is 9.97 Å². The van der Waals surface area contributed by atoms with E-state index in [0.29, 0.717) is 39.5 Å². The first-order valence-corrected chi connectivity index (χ1v) is 9.29. The number of alkyl halides is 3. The van der Waals surface area contributed by atoms with Crippen LogP contribution in [0.2, 0.25) is 0 Å². The summed E-state index contributed by atoms with van der Waals surface area (Å²) in [5, 5.41) is 3.83. The molecule has 2 heterocycles. The SMILES string of the molecule is Cc1nc(NC(C)c2cccc(C(F)(F)F)c2)c2cc3c(cc2n1)OCC(=O)N3C. The standard InChI is InChI=1S/C21H19F3N4O2/c1-11(13-5-4-6-14(7-13)21(22,23)24)25-20-15-8-17-18(30-10-19(29)28(17)3)9-16(15)26-12(2)27-20/h4-9,11H,10H2,1-3H3,(H,25,26,27). The first kappa shape index (κ1) is 19.9. The van der Waals surface area contributed by atoms with Gasteiger partial charge in [0.15, 0.2) is 6.61 Å². The van der Waals surface area contributed by atoms with Gasteiger partial charge in [-0.2, -0.15) is 13.2 Å². The Morgan fingerprint density at radius 2 is 1.97 bits per heavy atom. The topological polar surface area (TPSA) is 67.4 Å². The van der Waals surface area contributed by atoms with E-state index in [1.165, 1.54) is 11.0 Å². The van der Waals surface area contributed by atoms with E-state index in [1.54, 1.807) is 39.1 Å². The number of hydrogen-bond donors (Lipinski definition) is 1. The molecule has 156 valence electrons. The third-order valence-electron chi connectivity index (χ3n) is 5.04. The van der Waals surface area contributed by atoms with Crippen LogP contribution in [0.3, 0.4) is 0 Å². The lowest BCUT2D eigenvalue weighted by atomic mass is 10.0. The van der Waals surface area contributed by atoms with Crippen LogP contribution in [-0.2, 0) is 11.0 Å². The molecule has 0 aliphatic carbocycles. The van der Waals surface area contributed by atoms with Crippen LogP contribution in [0.25, 0.3) is 10.9 Å². The highest BCUT2D eigenvalue weighted by atomic mass is 19.4. The van der Waals surface area contributed by atoms with E-state index in [2.05, 4.69) is 15.3 Å². The van der Waals surface area contributed by atoms with Gasteiger partial charge in [-0.15, -0.1) is 0 Å². The third kappa shape index (κ3) is 3.62. The quantitative estimate of drug-likeness (QED) is 0.682. The molecular weight excluding hydrogens is 397 g/mol. The molecule has 0 bridgehead atoms. The molecule has 2 aromatic carbocycles. The smallest absolute Gasteiger partial charge is 0.416 e. The van der Waals surface area contributed by atoms with Crippen molar-refractivity contribution >= 4 is 28.3 Å². The summed E-state index contributed by atoms with van der Waals surface area (Å²) in [6.45, 7) is 3.45. The number of halogens is 3. The summed E-state index contributed by atoms with van der Waals surface area (Å²) in [7, 11) is 1.66.